The van der Waals surface area contributed by atoms with Crippen molar-refractivity contribution in [2.45, 2.75) is 18.9 Å². The summed E-state index contributed by atoms with van der Waals surface area (Å²) in [6.07, 6.45) is 2.35. The molecule has 1 aromatic rings. The molecule has 0 aromatic heterocycles. The second kappa shape index (κ2) is 8.35. The van der Waals surface area contributed by atoms with Gasteiger partial charge in [0.05, 0.1) is 0 Å². The van der Waals surface area contributed by atoms with Gasteiger partial charge in [0, 0.05) is 12.6 Å². The number of ether oxygens (including phenoxy) is 1. The van der Waals surface area contributed by atoms with Crippen molar-refractivity contribution in [2.75, 3.05) is 33.3 Å². The summed E-state index contributed by atoms with van der Waals surface area (Å²) < 4.78 is 18.8. The predicted molar refractivity (Wildman–Crippen MR) is 77.7 cm³/mol. The third-order valence-electron chi connectivity index (χ3n) is 3.50. The van der Waals surface area contributed by atoms with E-state index in [1.165, 1.54) is 18.9 Å². The minimum atomic E-state index is -0.286. The Hall–Kier alpha value is -0.840. The molecule has 0 radical (unpaired) electrons. The molecule has 1 aromatic carbocycles. The number of likely N-dealkylation sites (tertiary alicyclic amines) is 1. The van der Waals surface area contributed by atoms with Gasteiger partial charge in [-0.05, 0) is 45.1 Å². The average Bonchev–Trinajstić information content (AvgIpc) is 2.42. The molecule has 0 aliphatic carbocycles. The molecule has 1 saturated heterocycles. The first-order valence-corrected chi connectivity index (χ1v) is 6.56. The van der Waals surface area contributed by atoms with Crippen molar-refractivity contribution in [2.24, 2.45) is 0 Å². The quantitative estimate of drug-likeness (QED) is 0.900. The largest absolute Gasteiger partial charge is 0.489 e. The van der Waals surface area contributed by atoms with Gasteiger partial charge in [0.1, 0.15) is 6.61 Å². The predicted octanol–water partition coefficient (Wildman–Crippen LogP) is 2.31. The second-order valence-electron chi connectivity index (χ2n) is 4.68. The monoisotopic (exact) mass is 288 g/mol. The molecule has 108 valence electrons. The van der Waals surface area contributed by atoms with Crippen LogP contribution in [-0.4, -0.2) is 44.2 Å². The zero-order valence-corrected chi connectivity index (χ0v) is 12.1. The minimum absolute atomic E-state index is 0. The molecule has 0 bridgehead atoms. The fourth-order valence-corrected chi connectivity index (χ4v) is 2.29. The molecular formula is C14H22ClFN2O. The normalized spacial score (nSPS) is 16.9. The van der Waals surface area contributed by atoms with E-state index in [2.05, 4.69) is 10.2 Å². The Morgan fingerprint density at radius 2 is 2.00 bits per heavy atom. The molecule has 1 aliphatic heterocycles. The van der Waals surface area contributed by atoms with Crippen LogP contribution in [0.25, 0.3) is 0 Å². The van der Waals surface area contributed by atoms with Crippen molar-refractivity contribution in [1.82, 2.24) is 10.2 Å². The van der Waals surface area contributed by atoms with E-state index in [9.17, 15) is 4.39 Å². The van der Waals surface area contributed by atoms with Gasteiger partial charge in [0.2, 0.25) is 0 Å². The molecule has 0 atom stereocenters. The molecule has 0 amide bonds. The van der Waals surface area contributed by atoms with Crippen molar-refractivity contribution in [3.8, 4) is 5.75 Å². The van der Waals surface area contributed by atoms with Crippen molar-refractivity contribution < 1.29 is 9.13 Å². The Morgan fingerprint density at radius 1 is 1.32 bits per heavy atom. The number of halogens is 2. The van der Waals surface area contributed by atoms with Crippen LogP contribution in [0.1, 0.15) is 12.8 Å². The maximum Gasteiger partial charge on any atom is 0.165 e. The van der Waals surface area contributed by atoms with Crippen molar-refractivity contribution in [3.05, 3.63) is 30.1 Å². The number of piperidine rings is 1. The molecule has 1 aliphatic rings. The van der Waals surface area contributed by atoms with E-state index in [1.807, 2.05) is 7.05 Å². The highest BCUT2D eigenvalue weighted by Gasteiger charge is 2.17. The third kappa shape index (κ3) is 4.97. The fourth-order valence-electron chi connectivity index (χ4n) is 2.29. The summed E-state index contributed by atoms with van der Waals surface area (Å²) in [5.74, 6) is 0.0639. The van der Waals surface area contributed by atoms with Gasteiger partial charge in [-0.2, -0.15) is 0 Å². The van der Waals surface area contributed by atoms with Crippen LogP contribution >= 0.6 is 12.4 Å². The highest BCUT2D eigenvalue weighted by atomic mass is 35.5. The van der Waals surface area contributed by atoms with E-state index in [-0.39, 0.29) is 18.2 Å². The van der Waals surface area contributed by atoms with Crippen molar-refractivity contribution in [1.29, 1.82) is 0 Å². The number of hydrogen-bond donors (Lipinski definition) is 1. The van der Waals surface area contributed by atoms with Crippen LogP contribution in [0, 0.1) is 5.82 Å². The van der Waals surface area contributed by atoms with Crippen LogP contribution in [0.2, 0.25) is 0 Å². The number of para-hydroxylation sites is 1. The number of nitrogens with one attached hydrogen (secondary N) is 1. The molecule has 1 heterocycles. The first kappa shape index (κ1) is 16.2. The van der Waals surface area contributed by atoms with Crippen LogP contribution < -0.4 is 10.1 Å². The van der Waals surface area contributed by atoms with E-state index in [1.54, 1.807) is 18.2 Å². The van der Waals surface area contributed by atoms with E-state index in [0.29, 0.717) is 18.4 Å². The van der Waals surface area contributed by atoms with Crippen molar-refractivity contribution >= 4 is 12.4 Å². The lowest BCUT2D eigenvalue weighted by Gasteiger charge is -2.31. The van der Waals surface area contributed by atoms with Gasteiger partial charge >= 0.3 is 0 Å². The molecule has 0 spiro atoms. The maximum atomic E-state index is 13.3. The molecule has 19 heavy (non-hydrogen) atoms. The van der Waals surface area contributed by atoms with Gasteiger partial charge < -0.3 is 10.1 Å². The number of hydrogen-bond acceptors (Lipinski definition) is 3. The number of rotatable bonds is 5. The molecular weight excluding hydrogens is 267 g/mol. The van der Waals surface area contributed by atoms with Crippen LogP contribution in [0.15, 0.2) is 24.3 Å². The Balaban J connectivity index is 0.00000180. The van der Waals surface area contributed by atoms with Crippen LogP contribution in [0.4, 0.5) is 4.39 Å². The second-order valence-corrected chi connectivity index (χ2v) is 4.68. The van der Waals surface area contributed by atoms with E-state index in [4.69, 9.17) is 4.74 Å². The lowest BCUT2D eigenvalue weighted by molar-refractivity contribution is 0.165. The van der Waals surface area contributed by atoms with Crippen LogP contribution in [0.3, 0.4) is 0 Å². The molecule has 0 saturated carbocycles. The average molecular weight is 289 g/mol. The van der Waals surface area contributed by atoms with E-state index in [0.717, 1.165) is 19.6 Å². The standard InChI is InChI=1S/C14H21FN2O.ClH/c1-16-12-6-8-17(9-7-12)10-11-18-14-5-3-2-4-13(14)15;/h2-5,12,16H,6-11H2,1H3;1H. The van der Waals surface area contributed by atoms with Gasteiger partial charge in [-0.25, -0.2) is 4.39 Å². The number of nitrogens with zero attached hydrogens (tertiary/aromatic N) is 1. The molecule has 5 heteroatoms. The Bertz CT molecular complexity index is 370. The zero-order chi connectivity index (χ0) is 12.8. The number of benzene rings is 1. The Morgan fingerprint density at radius 3 is 2.63 bits per heavy atom. The molecule has 1 N–H and O–H groups in total. The topological polar surface area (TPSA) is 24.5 Å². The zero-order valence-electron chi connectivity index (χ0n) is 11.3. The highest BCUT2D eigenvalue weighted by molar-refractivity contribution is 5.85. The van der Waals surface area contributed by atoms with E-state index < -0.39 is 0 Å². The van der Waals surface area contributed by atoms with Gasteiger partial charge in [0.15, 0.2) is 11.6 Å². The fraction of sp³-hybridized carbons (Fsp3) is 0.571. The summed E-state index contributed by atoms with van der Waals surface area (Å²) in [6, 6.07) is 7.20. The van der Waals surface area contributed by atoms with Crippen LogP contribution in [0.5, 0.6) is 5.75 Å². The molecule has 0 unspecified atom stereocenters. The highest BCUT2D eigenvalue weighted by Crippen LogP contribution is 2.15. The molecule has 2 rings (SSSR count). The molecule has 1 fully saturated rings. The third-order valence-corrected chi connectivity index (χ3v) is 3.50. The molecule has 3 nitrogen and oxygen atoms in total. The lowest BCUT2D eigenvalue weighted by Crippen LogP contribution is -2.42. The summed E-state index contributed by atoms with van der Waals surface area (Å²) in [6.45, 7) is 3.59. The summed E-state index contributed by atoms with van der Waals surface area (Å²) in [5, 5.41) is 3.31. The summed E-state index contributed by atoms with van der Waals surface area (Å²) in [5.41, 5.74) is 0. The van der Waals surface area contributed by atoms with Crippen LogP contribution in [-0.2, 0) is 0 Å². The van der Waals surface area contributed by atoms with Gasteiger partial charge in [-0.3, -0.25) is 4.90 Å². The summed E-state index contributed by atoms with van der Waals surface area (Å²) in [4.78, 5) is 2.37. The van der Waals surface area contributed by atoms with Gasteiger partial charge in [-0.1, -0.05) is 12.1 Å². The SMILES string of the molecule is CNC1CCN(CCOc2ccccc2F)CC1.Cl. The van der Waals surface area contributed by atoms with Gasteiger partial charge in [0.25, 0.3) is 0 Å². The summed E-state index contributed by atoms with van der Waals surface area (Å²) in [7, 11) is 2.02. The van der Waals surface area contributed by atoms with E-state index >= 15 is 0 Å². The maximum absolute atomic E-state index is 13.3. The van der Waals surface area contributed by atoms with Gasteiger partial charge in [-0.15, -0.1) is 12.4 Å². The smallest absolute Gasteiger partial charge is 0.165 e. The Kier molecular flexibility index (Phi) is 7.13. The first-order chi connectivity index (χ1) is 8.79. The first-order valence-electron chi connectivity index (χ1n) is 6.56. The summed E-state index contributed by atoms with van der Waals surface area (Å²) >= 11 is 0. The Labute approximate surface area is 120 Å². The minimum Gasteiger partial charge on any atom is -0.489 e. The van der Waals surface area contributed by atoms with Crippen molar-refractivity contribution in [3.63, 3.8) is 0 Å². The lowest BCUT2D eigenvalue weighted by atomic mass is 10.1.